The quantitative estimate of drug-likeness (QED) is 0.878. The molecule has 3 rings (SSSR count). The van der Waals surface area contributed by atoms with Crippen molar-refractivity contribution in [2.45, 2.75) is 31.8 Å². The molecule has 2 unspecified atom stereocenters. The average molecular weight is 258 g/mol. The molecule has 2 aliphatic rings. The zero-order valence-corrected chi connectivity index (χ0v) is 11.3. The number of nitrogens with zero attached hydrogens (tertiary/aromatic N) is 1. The number of benzene rings is 1. The molecule has 0 amide bonds. The number of hydrogen-bond acceptors (Lipinski definition) is 3. The van der Waals surface area contributed by atoms with Gasteiger partial charge in [0.2, 0.25) is 0 Å². The second-order valence-corrected chi connectivity index (χ2v) is 5.72. The summed E-state index contributed by atoms with van der Waals surface area (Å²) in [6.07, 6.45) is 2.84. The van der Waals surface area contributed by atoms with Crippen molar-refractivity contribution in [3.63, 3.8) is 0 Å². The van der Waals surface area contributed by atoms with E-state index in [0.717, 1.165) is 45.4 Å². The highest BCUT2D eigenvalue weighted by Gasteiger charge is 2.33. The lowest BCUT2D eigenvalue weighted by Gasteiger charge is -2.29. The van der Waals surface area contributed by atoms with Gasteiger partial charge >= 0.3 is 0 Å². The first-order valence-corrected chi connectivity index (χ1v) is 7.35. The molecule has 0 bridgehead atoms. The van der Waals surface area contributed by atoms with Crippen LogP contribution in [0.4, 0.5) is 0 Å². The van der Waals surface area contributed by atoms with Crippen LogP contribution in [0.2, 0.25) is 0 Å². The van der Waals surface area contributed by atoms with E-state index in [1.54, 1.807) is 0 Å². The predicted octanol–water partition coefficient (Wildman–Crippen LogP) is 1.83. The lowest BCUT2D eigenvalue weighted by Crippen LogP contribution is -2.46. The Kier molecular flexibility index (Phi) is 3.95. The Morgan fingerprint density at radius 2 is 1.95 bits per heavy atom. The van der Waals surface area contributed by atoms with Crippen molar-refractivity contribution >= 4 is 5.78 Å². The first-order valence-electron chi connectivity index (χ1n) is 7.35. The Bertz CT molecular complexity index is 432. The maximum absolute atomic E-state index is 12.0. The molecule has 2 heterocycles. The average Bonchev–Trinajstić information content (AvgIpc) is 2.64. The number of carbonyl (C=O) groups is 1. The molecular formula is C16H22N2O. The van der Waals surface area contributed by atoms with Gasteiger partial charge in [-0.15, -0.1) is 0 Å². The van der Waals surface area contributed by atoms with E-state index in [4.69, 9.17) is 0 Å². The summed E-state index contributed by atoms with van der Waals surface area (Å²) in [6, 6.07) is 11.0. The zero-order valence-electron chi connectivity index (χ0n) is 11.3. The summed E-state index contributed by atoms with van der Waals surface area (Å²) in [7, 11) is 0. The van der Waals surface area contributed by atoms with Crippen molar-refractivity contribution in [2.75, 3.05) is 19.6 Å². The normalized spacial score (nSPS) is 28.7. The minimum Gasteiger partial charge on any atom is -0.313 e. The lowest BCUT2D eigenvalue weighted by atomic mass is 9.86. The molecule has 3 nitrogen and oxygen atoms in total. The zero-order chi connectivity index (χ0) is 13.1. The predicted molar refractivity (Wildman–Crippen MR) is 75.9 cm³/mol. The van der Waals surface area contributed by atoms with Crippen LogP contribution in [0.3, 0.4) is 0 Å². The molecule has 102 valence electrons. The van der Waals surface area contributed by atoms with Crippen LogP contribution in [0.15, 0.2) is 30.3 Å². The second kappa shape index (κ2) is 5.85. The van der Waals surface area contributed by atoms with E-state index in [1.807, 2.05) is 0 Å². The monoisotopic (exact) mass is 258 g/mol. The highest BCUT2D eigenvalue weighted by atomic mass is 16.1. The molecule has 1 N–H and O–H groups in total. The maximum Gasteiger partial charge on any atom is 0.138 e. The smallest absolute Gasteiger partial charge is 0.138 e. The minimum absolute atomic E-state index is 0.259. The Morgan fingerprint density at radius 3 is 2.79 bits per heavy atom. The SMILES string of the molecule is O=C1CCNC2CCN(Cc3ccccc3)CCC12. The molecule has 0 radical (unpaired) electrons. The van der Waals surface area contributed by atoms with Crippen LogP contribution in [0, 0.1) is 5.92 Å². The fourth-order valence-corrected chi connectivity index (χ4v) is 3.35. The molecule has 2 fully saturated rings. The number of piperidine rings is 1. The van der Waals surface area contributed by atoms with Gasteiger partial charge in [-0.05, 0) is 31.5 Å². The molecule has 3 heteroatoms. The van der Waals surface area contributed by atoms with Crippen molar-refractivity contribution in [1.29, 1.82) is 0 Å². The molecule has 2 saturated heterocycles. The van der Waals surface area contributed by atoms with Crippen LogP contribution in [0.1, 0.15) is 24.8 Å². The molecule has 19 heavy (non-hydrogen) atoms. The van der Waals surface area contributed by atoms with Crippen molar-refractivity contribution in [1.82, 2.24) is 10.2 Å². The number of rotatable bonds is 2. The molecule has 0 aliphatic carbocycles. The van der Waals surface area contributed by atoms with Gasteiger partial charge < -0.3 is 5.32 Å². The number of likely N-dealkylation sites (tertiary alicyclic amines) is 1. The third-order valence-electron chi connectivity index (χ3n) is 4.44. The summed E-state index contributed by atoms with van der Waals surface area (Å²) >= 11 is 0. The van der Waals surface area contributed by atoms with Gasteiger partial charge in [-0.25, -0.2) is 0 Å². The molecule has 1 aromatic rings. The van der Waals surface area contributed by atoms with Crippen LogP contribution in [0.5, 0.6) is 0 Å². The van der Waals surface area contributed by atoms with Gasteiger partial charge in [0.05, 0.1) is 0 Å². The minimum atomic E-state index is 0.259. The van der Waals surface area contributed by atoms with E-state index in [1.165, 1.54) is 5.56 Å². The second-order valence-electron chi connectivity index (χ2n) is 5.72. The van der Waals surface area contributed by atoms with Crippen LogP contribution in [0.25, 0.3) is 0 Å². The number of hydrogen-bond donors (Lipinski definition) is 1. The molecular weight excluding hydrogens is 236 g/mol. The third kappa shape index (κ3) is 3.04. The van der Waals surface area contributed by atoms with Gasteiger partial charge in [0, 0.05) is 31.5 Å². The van der Waals surface area contributed by atoms with E-state index < -0.39 is 0 Å². The van der Waals surface area contributed by atoms with E-state index >= 15 is 0 Å². The topological polar surface area (TPSA) is 32.3 Å². The van der Waals surface area contributed by atoms with E-state index in [9.17, 15) is 4.79 Å². The fraction of sp³-hybridized carbons (Fsp3) is 0.562. The molecule has 0 aromatic heterocycles. The highest BCUT2D eigenvalue weighted by molar-refractivity contribution is 5.82. The van der Waals surface area contributed by atoms with Crippen molar-refractivity contribution in [3.8, 4) is 0 Å². The number of carbonyl (C=O) groups excluding carboxylic acids is 1. The molecule has 0 saturated carbocycles. The molecule has 1 aromatic carbocycles. The van der Waals surface area contributed by atoms with Crippen LogP contribution in [-0.4, -0.2) is 36.4 Å². The molecule has 2 atom stereocenters. The van der Waals surface area contributed by atoms with Crippen LogP contribution < -0.4 is 5.32 Å². The number of ketones is 1. The van der Waals surface area contributed by atoms with Gasteiger partial charge in [-0.2, -0.15) is 0 Å². The van der Waals surface area contributed by atoms with E-state index in [0.29, 0.717) is 11.8 Å². The number of fused-ring (bicyclic) bond motifs is 1. The summed E-state index contributed by atoms with van der Waals surface area (Å²) in [5, 5.41) is 3.53. The van der Waals surface area contributed by atoms with Gasteiger partial charge in [0.15, 0.2) is 0 Å². The highest BCUT2D eigenvalue weighted by Crippen LogP contribution is 2.24. The summed E-state index contributed by atoms with van der Waals surface area (Å²) in [6.45, 7) is 4.02. The van der Waals surface area contributed by atoms with Crippen molar-refractivity contribution in [3.05, 3.63) is 35.9 Å². The van der Waals surface area contributed by atoms with Gasteiger partial charge in [0.1, 0.15) is 5.78 Å². The first kappa shape index (κ1) is 12.8. The van der Waals surface area contributed by atoms with Gasteiger partial charge in [0.25, 0.3) is 0 Å². The molecule has 2 aliphatic heterocycles. The van der Waals surface area contributed by atoms with Crippen molar-refractivity contribution < 1.29 is 4.79 Å². The van der Waals surface area contributed by atoms with Gasteiger partial charge in [-0.1, -0.05) is 30.3 Å². The lowest BCUT2D eigenvalue weighted by molar-refractivity contribution is -0.125. The third-order valence-corrected chi connectivity index (χ3v) is 4.44. The Labute approximate surface area is 115 Å². The maximum atomic E-state index is 12.0. The standard InChI is InChI=1S/C16H22N2O/c19-16-6-9-17-15-8-11-18(10-7-14(15)16)12-13-4-2-1-3-5-13/h1-5,14-15,17H,6-12H2. The first-order chi connectivity index (χ1) is 9.33. The Balaban J connectivity index is 1.62. The van der Waals surface area contributed by atoms with E-state index in [2.05, 4.69) is 40.5 Å². The van der Waals surface area contributed by atoms with Gasteiger partial charge in [-0.3, -0.25) is 9.69 Å². The fourth-order valence-electron chi connectivity index (χ4n) is 3.35. The summed E-state index contributed by atoms with van der Waals surface area (Å²) in [5.74, 6) is 0.736. The molecule has 0 spiro atoms. The van der Waals surface area contributed by atoms with Crippen LogP contribution >= 0.6 is 0 Å². The summed E-state index contributed by atoms with van der Waals surface area (Å²) in [5.41, 5.74) is 1.37. The summed E-state index contributed by atoms with van der Waals surface area (Å²) in [4.78, 5) is 14.5. The van der Waals surface area contributed by atoms with Crippen LogP contribution in [-0.2, 0) is 11.3 Å². The number of Topliss-reactive ketones (excluding diaryl/α,β-unsaturated/α-hetero) is 1. The Morgan fingerprint density at radius 1 is 1.16 bits per heavy atom. The largest absolute Gasteiger partial charge is 0.313 e. The Hall–Kier alpha value is -1.19. The van der Waals surface area contributed by atoms with E-state index in [-0.39, 0.29) is 5.92 Å². The number of nitrogens with one attached hydrogen (secondary N) is 1. The van der Waals surface area contributed by atoms with Crippen molar-refractivity contribution in [2.24, 2.45) is 5.92 Å². The summed E-state index contributed by atoms with van der Waals surface area (Å²) < 4.78 is 0.